The Morgan fingerprint density at radius 2 is 1.75 bits per heavy atom. The fourth-order valence-corrected chi connectivity index (χ4v) is 4.88. The summed E-state index contributed by atoms with van der Waals surface area (Å²) in [6.45, 7) is -0.947. The number of rotatable bonds is 6. The number of benzene rings is 1. The number of esters is 1. The molecule has 1 saturated heterocycles. The van der Waals surface area contributed by atoms with E-state index < -0.39 is 25.0 Å². The van der Waals surface area contributed by atoms with Gasteiger partial charge in [-0.15, -0.1) is 0 Å². The SMILES string of the molecule is COc1ccccc1NC(=O)COC(=O)CN1C(=O)[C@@H]2[C@H]3CC[C@@H](C3)[C@H]2C1=O. The van der Waals surface area contributed by atoms with Gasteiger partial charge in [0.25, 0.3) is 5.91 Å². The van der Waals surface area contributed by atoms with Gasteiger partial charge in [0.05, 0.1) is 24.6 Å². The molecule has 148 valence electrons. The summed E-state index contributed by atoms with van der Waals surface area (Å²) in [5.74, 6) is -1.37. The molecule has 3 aliphatic rings. The molecule has 0 radical (unpaired) electrons. The third-order valence-electron chi connectivity index (χ3n) is 6.05. The second-order valence-electron chi connectivity index (χ2n) is 7.56. The van der Waals surface area contributed by atoms with E-state index in [2.05, 4.69) is 5.32 Å². The highest BCUT2D eigenvalue weighted by molar-refractivity contribution is 6.08. The molecule has 1 heterocycles. The van der Waals surface area contributed by atoms with Gasteiger partial charge in [-0.1, -0.05) is 12.1 Å². The Balaban J connectivity index is 1.30. The Labute approximate surface area is 162 Å². The van der Waals surface area contributed by atoms with Crippen molar-refractivity contribution < 1.29 is 28.7 Å². The second-order valence-corrected chi connectivity index (χ2v) is 7.56. The summed E-state index contributed by atoms with van der Waals surface area (Å²) in [6.07, 6.45) is 2.90. The molecule has 3 amide bonds. The number of carbonyl (C=O) groups is 4. The first-order valence-corrected chi connectivity index (χ1v) is 9.43. The maximum absolute atomic E-state index is 12.6. The number of methoxy groups -OCH3 is 1. The molecule has 8 heteroatoms. The first kappa shape index (κ1) is 18.5. The number of carbonyl (C=O) groups excluding carboxylic acids is 4. The van der Waals surface area contributed by atoms with Crippen LogP contribution < -0.4 is 10.1 Å². The average molecular weight is 386 g/mol. The zero-order valence-electron chi connectivity index (χ0n) is 15.6. The maximum atomic E-state index is 12.6. The molecule has 28 heavy (non-hydrogen) atoms. The van der Waals surface area contributed by atoms with E-state index >= 15 is 0 Å². The monoisotopic (exact) mass is 386 g/mol. The molecule has 2 aliphatic carbocycles. The Bertz CT molecular complexity index is 810. The fourth-order valence-electron chi connectivity index (χ4n) is 4.88. The topological polar surface area (TPSA) is 102 Å². The summed E-state index contributed by atoms with van der Waals surface area (Å²) < 4.78 is 10.1. The van der Waals surface area contributed by atoms with Crippen molar-refractivity contribution in [3.63, 3.8) is 0 Å². The number of imide groups is 1. The number of nitrogens with one attached hydrogen (secondary N) is 1. The predicted molar refractivity (Wildman–Crippen MR) is 97.1 cm³/mol. The van der Waals surface area contributed by atoms with Crippen LogP contribution in [0, 0.1) is 23.7 Å². The Hall–Kier alpha value is -2.90. The minimum Gasteiger partial charge on any atom is -0.495 e. The van der Waals surface area contributed by atoms with Crippen molar-refractivity contribution in [2.75, 3.05) is 25.6 Å². The van der Waals surface area contributed by atoms with Crippen LogP contribution in [0.4, 0.5) is 5.69 Å². The van der Waals surface area contributed by atoms with Gasteiger partial charge in [0, 0.05) is 0 Å². The van der Waals surface area contributed by atoms with Crippen molar-refractivity contribution in [1.82, 2.24) is 4.90 Å². The fraction of sp³-hybridized carbons (Fsp3) is 0.500. The number of amides is 3. The van der Waals surface area contributed by atoms with Gasteiger partial charge < -0.3 is 14.8 Å². The summed E-state index contributed by atoms with van der Waals surface area (Å²) in [7, 11) is 1.48. The number of ether oxygens (including phenoxy) is 2. The standard InChI is InChI=1S/C20H22N2O6/c1-27-14-5-3-2-4-13(14)21-15(23)10-28-16(24)9-22-19(25)17-11-6-7-12(8-11)18(17)20(22)26/h2-5,11-12,17-18H,6-10H2,1H3,(H,21,23)/t11-,12-,17+,18+/m0/s1. The van der Waals surface area contributed by atoms with Crippen molar-refractivity contribution in [3.05, 3.63) is 24.3 Å². The molecular formula is C20H22N2O6. The van der Waals surface area contributed by atoms with Crippen LogP contribution in [0.1, 0.15) is 19.3 Å². The zero-order chi connectivity index (χ0) is 19.8. The predicted octanol–water partition coefficient (Wildman–Crippen LogP) is 1.21. The van der Waals surface area contributed by atoms with Gasteiger partial charge in [0.1, 0.15) is 12.3 Å². The zero-order valence-corrected chi connectivity index (χ0v) is 15.6. The lowest BCUT2D eigenvalue weighted by Gasteiger charge is -2.19. The minimum absolute atomic E-state index is 0.263. The number of para-hydroxylation sites is 2. The van der Waals surface area contributed by atoms with Crippen LogP contribution in [0.2, 0.25) is 0 Å². The van der Waals surface area contributed by atoms with Crippen LogP contribution in [-0.4, -0.2) is 48.9 Å². The highest BCUT2D eigenvalue weighted by atomic mass is 16.5. The molecule has 8 nitrogen and oxygen atoms in total. The molecule has 0 spiro atoms. The summed E-state index contributed by atoms with van der Waals surface area (Å²) >= 11 is 0. The van der Waals surface area contributed by atoms with Crippen molar-refractivity contribution in [3.8, 4) is 5.75 Å². The maximum Gasteiger partial charge on any atom is 0.326 e. The molecule has 4 rings (SSSR count). The highest BCUT2D eigenvalue weighted by Gasteiger charge is 2.61. The third-order valence-corrected chi connectivity index (χ3v) is 6.05. The van der Waals surface area contributed by atoms with E-state index in [0.29, 0.717) is 11.4 Å². The Morgan fingerprint density at radius 1 is 1.11 bits per heavy atom. The lowest BCUT2D eigenvalue weighted by atomic mass is 9.81. The number of fused-ring (bicyclic) bond motifs is 5. The molecule has 1 aromatic rings. The molecule has 1 N–H and O–H groups in total. The molecule has 4 atom stereocenters. The summed E-state index contributed by atoms with van der Waals surface area (Å²) in [6, 6.07) is 6.85. The number of nitrogens with zero attached hydrogens (tertiary/aromatic N) is 1. The first-order valence-electron chi connectivity index (χ1n) is 9.43. The van der Waals surface area contributed by atoms with Gasteiger partial charge in [-0.25, -0.2) is 0 Å². The van der Waals surface area contributed by atoms with Gasteiger partial charge in [-0.2, -0.15) is 0 Å². The van der Waals surface area contributed by atoms with Crippen LogP contribution in [0.25, 0.3) is 0 Å². The van der Waals surface area contributed by atoms with Crippen molar-refractivity contribution in [2.24, 2.45) is 23.7 Å². The van der Waals surface area contributed by atoms with E-state index in [1.54, 1.807) is 24.3 Å². The van der Waals surface area contributed by atoms with Crippen LogP contribution in [0.15, 0.2) is 24.3 Å². The normalized spacial score (nSPS) is 27.7. The van der Waals surface area contributed by atoms with Crippen LogP contribution in [0.5, 0.6) is 5.75 Å². The lowest BCUT2D eigenvalue weighted by Crippen LogP contribution is -2.38. The van der Waals surface area contributed by atoms with Crippen LogP contribution in [0.3, 0.4) is 0 Å². The lowest BCUT2D eigenvalue weighted by molar-refractivity contribution is -0.154. The van der Waals surface area contributed by atoms with Gasteiger partial charge in [0.2, 0.25) is 11.8 Å². The number of hydrogen-bond donors (Lipinski definition) is 1. The largest absolute Gasteiger partial charge is 0.495 e. The number of likely N-dealkylation sites (tertiary alicyclic amines) is 1. The van der Waals surface area contributed by atoms with Crippen LogP contribution in [-0.2, 0) is 23.9 Å². The average Bonchev–Trinajstić information content (AvgIpc) is 3.37. The van der Waals surface area contributed by atoms with E-state index in [1.807, 2.05) is 0 Å². The third kappa shape index (κ3) is 3.12. The summed E-state index contributed by atoms with van der Waals surface area (Å²) in [5, 5.41) is 2.59. The number of anilines is 1. The summed E-state index contributed by atoms with van der Waals surface area (Å²) in [5.41, 5.74) is 0.458. The van der Waals surface area contributed by atoms with E-state index in [1.165, 1.54) is 7.11 Å². The quantitative estimate of drug-likeness (QED) is 0.582. The van der Waals surface area contributed by atoms with Crippen molar-refractivity contribution >= 4 is 29.4 Å². The highest BCUT2D eigenvalue weighted by Crippen LogP contribution is 2.56. The molecule has 2 saturated carbocycles. The Morgan fingerprint density at radius 3 is 2.39 bits per heavy atom. The molecule has 1 aliphatic heterocycles. The second kappa shape index (κ2) is 7.26. The van der Waals surface area contributed by atoms with Crippen molar-refractivity contribution in [1.29, 1.82) is 0 Å². The minimum atomic E-state index is -0.774. The molecule has 3 fully saturated rings. The van der Waals surface area contributed by atoms with E-state index in [9.17, 15) is 19.2 Å². The van der Waals surface area contributed by atoms with E-state index in [4.69, 9.17) is 9.47 Å². The van der Waals surface area contributed by atoms with E-state index in [-0.39, 0.29) is 35.5 Å². The smallest absolute Gasteiger partial charge is 0.326 e. The molecule has 0 aromatic heterocycles. The first-order chi connectivity index (χ1) is 13.5. The van der Waals surface area contributed by atoms with Crippen LogP contribution >= 0.6 is 0 Å². The van der Waals surface area contributed by atoms with Gasteiger partial charge in [-0.3, -0.25) is 24.1 Å². The molecule has 2 bridgehead atoms. The van der Waals surface area contributed by atoms with Gasteiger partial charge in [-0.05, 0) is 43.2 Å². The van der Waals surface area contributed by atoms with Gasteiger partial charge >= 0.3 is 5.97 Å². The Kier molecular flexibility index (Phi) is 4.78. The molecular weight excluding hydrogens is 364 g/mol. The molecule has 1 aromatic carbocycles. The molecule has 0 unspecified atom stereocenters. The number of hydrogen-bond acceptors (Lipinski definition) is 6. The summed E-state index contributed by atoms with van der Waals surface area (Å²) in [4.78, 5) is 50.3. The van der Waals surface area contributed by atoms with Crippen molar-refractivity contribution in [2.45, 2.75) is 19.3 Å². The van der Waals surface area contributed by atoms with E-state index in [0.717, 1.165) is 24.2 Å². The van der Waals surface area contributed by atoms with Gasteiger partial charge in [0.15, 0.2) is 6.61 Å².